The maximum Gasteiger partial charge on any atom is 0.416 e. The molecule has 4 rings (SSSR count). The van der Waals surface area contributed by atoms with Gasteiger partial charge in [-0.1, -0.05) is 0 Å². The molecule has 0 aliphatic carbocycles. The molecular weight excluding hydrogens is 584 g/mol. The molecule has 0 saturated carbocycles. The molecule has 3 aromatic rings. The van der Waals surface area contributed by atoms with Gasteiger partial charge in [0, 0.05) is 42.5 Å². The number of sulfone groups is 1. The van der Waals surface area contributed by atoms with Gasteiger partial charge in [-0.05, 0) is 56.7 Å². The average molecular weight is 610 g/mol. The minimum Gasteiger partial charge on any atom is -0.444 e. The van der Waals surface area contributed by atoms with Crippen LogP contribution in [0.2, 0.25) is 0 Å². The Balaban J connectivity index is 1.61. The summed E-state index contributed by atoms with van der Waals surface area (Å²) in [6, 6.07) is 3.57. The molecule has 1 fully saturated rings. The minimum atomic E-state index is -5.05. The molecule has 1 aliphatic rings. The van der Waals surface area contributed by atoms with E-state index in [1.54, 1.807) is 31.7 Å². The zero-order chi connectivity index (χ0) is 29.7. The van der Waals surface area contributed by atoms with Crippen LogP contribution in [0, 0.1) is 0 Å². The molecule has 1 aromatic carbocycles. The fraction of sp³-hybridized carbons (Fsp3) is 0.440. The largest absolute Gasteiger partial charge is 0.444 e. The van der Waals surface area contributed by atoms with Crippen molar-refractivity contribution >= 4 is 43.2 Å². The second-order valence-corrected chi connectivity index (χ2v) is 13.5. The highest BCUT2D eigenvalue weighted by molar-refractivity contribution is 7.92. The zero-order valence-corrected chi connectivity index (χ0v) is 23.2. The van der Waals surface area contributed by atoms with Gasteiger partial charge in [-0.15, -0.1) is 11.3 Å². The Morgan fingerprint density at radius 2 is 1.62 bits per heavy atom. The van der Waals surface area contributed by atoms with Gasteiger partial charge in [0.25, 0.3) is 0 Å². The first-order chi connectivity index (χ1) is 18.3. The molecule has 1 saturated heterocycles. The number of halogens is 6. The van der Waals surface area contributed by atoms with E-state index in [-0.39, 0.29) is 22.4 Å². The summed E-state index contributed by atoms with van der Waals surface area (Å²) < 4.78 is 112. The number of nitrogens with zero attached hydrogens (tertiary/aromatic N) is 3. The van der Waals surface area contributed by atoms with Crippen molar-refractivity contribution in [3.8, 4) is 0 Å². The minimum absolute atomic E-state index is 0.227. The number of hydrogen-bond donors (Lipinski definition) is 0. The molecule has 1 aliphatic heterocycles. The van der Waals surface area contributed by atoms with Gasteiger partial charge in [-0.3, -0.25) is 0 Å². The molecule has 0 bridgehead atoms. The molecule has 0 atom stereocenters. The van der Waals surface area contributed by atoms with E-state index in [1.807, 2.05) is 4.90 Å². The number of ether oxygens (including phenoxy) is 1. The lowest BCUT2D eigenvalue weighted by Crippen LogP contribution is -2.50. The maximum atomic E-state index is 13.5. The molecule has 40 heavy (non-hydrogen) atoms. The summed E-state index contributed by atoms with van der Waals surface area (Å²) in [6.45, 7) is 6.63. The molecule has 0 radical (unpaired) electrons. The van der Waals surface area contributed by atoms with E-state index in [0.717, 1.165) is 11.3 Å². The van der Waals surface area contributed by atoms with Gasteiger partial charge in [0.1, 0.15) is 15.6 Å². The first-order valence-corrected chi connectivity index (χ1v) is 14.4. The van der Waals surface area contributed by atoms with E-state index in [9.17, 15) is 39.6 Å². The van der Waals surface area contributed by atoms with Crippen LogP contribution in [0.5, 0.6) is 0 Å². The monoisotopic (exact) mass is 609 g/mol. The first-order valence-electron chi connectivity index (χ1n) is 12.0. The van der Waals surface area contributed by atoms with Crippen molar-refractivity contribution in [2.75, 3.05) is 31.1 Å². The number of rotatable bonds is 4. The topological polar surface area (TPSA) is 79.8 Å². The summed E-state index contributed by atoms with van der Waals surface area (Å²) in [4.78, 5) is 20.1. The highest BCUT2D eigenvalue weighted by Crippen LogP contribution is 2.40. The van der Waals surface area contributed by atoms with E-state index in [4.69, 9.17) is 4.74 Å². The van der Waals surface area contributed by atoms with Gasteiger partial charge in [-0.25, -0.2) is 18.2 Å². The fourth-order valence-electron chi connectivity index (χ4n) is 4.20. The highest BCUT2D eigenvalue weighted by atomic mass is 32.2. The number of alkyl halides is 6. The van der Waals surface area contributed by atoms with E-state index >= 15 is 0 Å². The van der Waals surface area contributed by atoms with Crippen molar-refractivity contribution in [3.05, 3.63) is 53.2 Å². The molecule has 0 unspecified atom stereocenters. The third-order valence-corrected chi connectivity index (χ3v) is 9.35. The lowest BCUT2D eigenvalue weighted by atomic mass is 10.0. The lowest BCUT2D eigenvalue weighted by molar-refractivity contribution is -0.141. The standard InChI is InChI=1S/C25H25F6N3O4S2/c1-23(2,3)38-22(35)34-10-8-33(9-11-34)21-17-13-20(39-19(17)6-7-32-21)40(36,37)14-15-12-16(24(26,27)28)4-5-18(15)25(29,30)31/h4-7,12-13H,8-11,14H2,1-3H3. The second-order valence-electron chi connectivity index (χ2n) is 10.2. The van der Waals surface area contributed by atoms with E-state index in [2.05, 4.69) is 4.98 Å². The smallest absolute Gasteiger partial charge is 0.416 e. The van der Waals surface area contributed by atoms with E-state index < -0.39 is 56.3 Å². The number of amides is 1. The summed E-state index contributed by atoms with van der Waals surface area (Å²) in [5.74, 6) is -0.843. The Morgan fingerprint density at radius 1 is 0.975 bits per heavy atom. The predicted octanol–water partition coefficient (Wildman–Crippen LogP) is 6.36. The number of carbonyl (C=O) groups excluding carboxylic acids is 1. The summed E-state index contributed by atoms with van der Waals surface area (Å²) in [5.41, 5.74) is -4.47. The number of thiophene rings is 1. The average Bonchev–Trinajstić information content (AvgIpc) is 3.27. The number of carbonyl (C=O) groups is 1. The van der Waals surface area contributed by atoms with Crippen molar-refractivity contribution in [2.24, 2.45) is 0 Å². The molecule has 7 nitrogen and oxygen atoms in total. The number of benzene rings is 1. The molecule has 0 N–H and O–H groups in total. The van der Waals surface area contributed by atoms with Crippen LogP contribution in [0.3, 0.4) is 0 Å². The molecule has 3 heterocycles. The summed E-state index contributed by atoms with van der Waals surface area (Å²) in [6.07, 6.45) is -9.00. The number of piperazine rings is 1. The van der Waals surface area contributed by atoms with Gasteiger partial charge in [0.2, 0.25) is 0 Å². The number of anilines is 1. The molecule has 2 aromatic heterocycles. The Kier molecular flexibility index (Phi) is 7.77. The summed E-state index contributed by atoms with van der Waals surface area (Å²) in [7, 11) is -4.47. The molecular formula is C25H25F6N3O4S2. The van der Waals surface area contributed by atoms with Gasteiger partial charge < -0.3 is 14.5 Å². The Labute approximate surface area is 230 Å². The third kappa shape index (κ3) is 6.62. The van der Waals surface area contributed by atoms with Crippen LogP contribution in [-0.2, 0) is 32.7 Å². The number of fused-ring (bicyclic) bond motifs is 1. The van der Waals surface area contributed by atoms with Crippen LogP contribution in [0.25, 0.3) is 10.1 Å². The van der Waals surface area contributed by atoms with Gasteiger partial charge in [0.15, 0.2) is 9.84 Å². The number of aromatic nitrogens is 1. The quantitative estimate of drug-likeness (QED) is 0.320. The first kappa shape index (κ1) is 29.9. The molecule has 15 heteroatoms. The van der Waals surface area contributed by atoms with E-state index in [0.29, 0.717) is 42.1 Å². The number of pyridine rings is 1. The maximum absolute atomic E-state index is 13.5. The Bertz CT molecular complexity index is 1520. The lowest BCUT2D eigenvalue weighted by Gasteiger charge is -2.36. The summed E-state index contributed by atoms with van der Waals surface area (Å²) >= 11 is 0.794. The van der Waals surface area contributed by atoms with Crippen LogP contribution in [0.1, 0.15) is 37.5 Å². The van der Waals surface area contributed by atoms with Crippen molar-refractivity contribution in [1.82, 2.24) is 9.88 Å². The van der Waals surface area contributed by atoms with Crippen LogP contribution in [0.4, 0.5) is 37.0 Å². The van der Waals surface area contributed by atoms with Crippen molar-refractivity contribution in [1.29, 1.82) is 0 Å². The van der Waals surface area contributed by atoms with Crippen LogP contribution < -0.4 is 4.90 Å². The normalized spacial score (nSPS) is 15.5. The van der Waals surface area contributed by atoms with Crippen molar-refractivity contribution in [3.63, 3.8) is 0 Å². The second kappa shape index (κ2) is 10.4. The van der Waals surface area contributed by atoms with Gasteiger partial charge >= 0.3 is 18.4 Å². The van der Waals surface area contributed by atoms with E-state index in [1.165, 1.54) is 12.3 Å². The summed E-state index contributed by atoms with van der Waals surface area (Å²) in [5, 5.41) is 0.428. The van der Waals surface area contributed by atoms with Crippen LogP contribution >= 0.6 is 11.3 Å². The zero-order valence-electron chi connectivity index (χ0n) is 21.6. The van der Waals surface area contributed by atoms with Crippen molar-refractivity contribution in [2.45, 2.75) is 48.7 Å². The predicted molar refractivity (Wildman–Crippen MR) is 137 cm³/mol. The SMILES string of the molecule is CC(C)(C)OC(=O)N1CCN(c2nccc3sc(S(=O)(=O)Cc4cc(C(F)(F)F)ccc4C(F)(F)F)cc23)CC1. The van der Waals surface area contributed by atoms with Gasteiger partial charge in [-0.2, -0.15) is 26.3 Å². The molecule has 1 amide bonds. The van der Waals surface area contributed by atoms with Gasteiger partial charge in [0.05, 0.1) is 16.9 Å². The fourth-order valence-corrected chi connectivity index (χ4v) is 7.02. The Morgan fingerprint density at radius 3 is 2.20 bits per heavy atom. The molecule has 218 valence electrons. The molecule has 0 spiro atoms. The van der Waals surface area contributed by atoms with Crippen molar-refractivity contribution < 1.29 is 44.3 Å². The third-order valence-electron chi connectivity index (χ3n) is 6.02. The van der Waals surface area contributed by atoms with Crippen LogP contribution in [-0.4, -0.2) is 56.2 Å². The van der Waals surface area contributed by atoms with Crippen LogP contribution in [0.15, 0.2) is 40.7 Å². The Hall–Kier alpha value is -3.07. The number of hydrogen-bond acceptors (Lipinski definition) is 7. The highest BCUT2D eigenvalue weighted by Gasteiger charge is 2.38.